The Morgan fingerprint density at radius 3 is 2.70 bits per heavy atom. The highest BCUT2D eigenvalue weighted by Gasteiger charge is 2.24. The molecule has 0 aromatic heterocycles. The maximum absolute atomic E-state index is 12.7. The number of benzene rings is 2. The van der Waals surface area contributed by atoms with Gasteiger partial charge in [-0.3, -0.25) is 0 Å². The molecule has 2 unspecified atom stereocenters. The molecular weight excluding hydrogens is 360 g/mol. The first-order chi connectivity index (χ1) is 12.9. The number of aliphatic hydroxyl groups excluding tert-OH is 1. The van der Waals surface area contributed by atoms with Crippen LogP contribution < -0.4 is 4.72 Å². The van der Waals surface area contributed by atoms with Crippen LogP contribution >= 0.6 is 0 Å². The topological polar surface area (TPSA) is 69.6 Å². The van der Waals surface area contributed by atoms with Crippen molar-refractivity contribution in [1.29, 1.82) is 0 Å². The number of aliphatic hydroxyl groups is 1. The van der Waals surface area contributed by atoms with E-state index >= 15 is 0 Å². The first-order valence-electron chi connectivity index (χ1n) is 9.76. The van der Waals surface area contributed by atoms with Crippen molar-refractivity contribution in [2.75, 3.05) is 19.6 Å². The Morgan fingerprint density at radius 1 is 1.15 bits per heavy atom. The lowest BCUT2D eigenvalue weighted by molar-refractivity contribution is 0.0922. The predicted octanol–water partition coefficient (Wildman–Crippen LogP) is 2.99. The summed E-state index contributed by atoms with van der Waals surface area (Å²) in [6, 6.07) is 13.2. The Morgan fingerprint density at radius 2 is 1.89 bits per heavy atom. The van der Waals surface area contributed by atoms with Gasteiger partial charge in [0.1, 0.15) is 0 Å². The fourth-order valence-electron chi connectivity index (χ4n) is 3.82. The molecule has 1 aliphatic heterocycles. The van der Waals surface area contributed by atoms with E-state index < -0.39 is 16.1 Å². The van der Waals surface area contributed by atoms with E-state index in [1.807, 2.05) is 24.3 Å². The lowest BCUT2D eigenvalue weighted by atomic mass is 9.95. The third kappa shape index (κ3) is 5.08. The molecule has 2 N–H and O–H groups in total. The Balaban J connectivity index is 1.58. The molecule has 1 aliphatic rings. The minimum Gasteiger partial charge on any atom is -0.392 e. The number of sulfonamides is 1. The highest BCUT2D eigenvalue weighted by atomic mass is 32.2. The van der Waals surface area contributed by atoms with Crippen LogP contribution in [0.2, 0.25) is 0 Å². The molecule has 1 heterocycles. The van der Waals surface area contributed by atoms with Crippen LogP contribution in [0.4, 0.5) is 0 Å². The second-order valence-corrected chi connectivity index (χ2v) is 9.53. The molecule has 148 valence electrons. The van der Waals surface area contributed by atoms with Gasteiger partial charge >= 0.3 is 0 Å². The molecule has 0 bridgehead atoms. The molecule has 0 aliphatic carbocycles. The number of hydrogen-bond donors (Lipinski definition) is 2. The SMILES string of the molecule is CC1CCC(C)N(CC[C@@H](O)CNS(=O)(=O)c2cccc3ccccc23)C1. The molecule has 3 rings (SSSR count). The lowest BCUT2D eigenvalue weighted by Crippen LogP contribution is -2.43. The molecule has 5 nitrogen and oxygen atoms in total. The number of fused-ring (bicyclic) bond motifs is 1. The molecule has 0 spiro atoms. The van der Waals surface area contributed by atoms with E-state index in [0.717, 1.165) is 18.5 Å². The van der Waals surface area contributed by atoms with Crippen LogP contribution in [0.25, 0.3) is 10.8 Å². The number of piperidine rings is 1. The molecule has 0 radical (unpaired) electrons. The van der Waals surface area contributed by atoms with Crippen molar-refractivity contribution in [3.63, 3.8) is 0 Å². The number of likely N-dealkylation sites (tertiary alicyclic amines) is 1. The standard InChI is InChI=1S/C21H30N2O3S/c1-16-10-11-17(2)23(15-16)13-12-19(24)14-22-27(25,26)21-9-5-7-18-6-3-4-8-20(18)21/h3-9,16-17,19,22,24H,10-15H2,1-2H3/t16?,17?,19-/m1/s1. The van der Waals surface area contributed by atoms with E-state index in [-0.39, 0.29) is 11.4 Å². The maximum Gasteiger partial charge on any atom is 0.241 e. The van der Waals surface area contributed by atoms with Gasteiger partial charge in [0.25, 0.3) is 0 Å². The quantitative estimate of drug-likeness (QED) is 0.763. The molecule has 3 atom stereocenters. The smallest absolute Gasteiger partial charge is 0.241 e. The second-order valence-electron chi connectivity index (χ2n) is 7.80. The normalized spacial score (nSPS) is 22.8. The fraction of sp³-hybridized carbons (Fsp3) is 0.524. The maximum atomic E-state index is 12.7. The summed E-state index contributed by atoms with van der Waals surface area (Å²) in [5.74, 6) is 0.684. The first kappa shape index (κ1) is 20.3. The number of nitrogens with zero attached hydrogens (tertiary/aromatic N) is 1. The zero-order chi connectivity index (χ0) is 19.4. The highest BCUT2D eigenvalue weighted by molar-refractivity contribution is 7.89. The monoisotopic (exact) mass is 390 g/mol. The molecule has 6 heteroatoms. The van der Waals surface area contributed by atoms with Crippen molar-refractivity contribution in [3.05, 3.63) is 42.5 Å². The van der Waals surface area contributed by atoms with Crippen molar-refractivity contribution in [1.82, 2.24) is 9.62 Å². The molecule has 1 saturated heterocycles. The van der Waals surface area contributed by atoms with Crippen LogP contribution in [-0.4, -0.2) is 50.2 Å². The summed E-state index contributed by atoms with van der Waals surface area (Å²) >= 11 is 0. The van der Waals surface area contributed by atoms with Gasteiger partial charge in [-0.15, -0.1) is 0 Å². The largest absolute Gasteiger partial charge is 0.392 e. The average molecular weight is 391 g/mol. The van der Waals surface area contributed by atoms with Gasteiger partial charge in [0.2, 0.25) is 10.0 Å². The predicted molar refractivity (Wildman–Crippen MR) is 109 cm³/mol. The van der Waals surface area contributed by atoms with Crippen LogP contribution in [0.3, 0.4) is 0 Å². The van der Waals surface area contributed by atoms with Gasteiger partial charge in [-0.05, 0) is 43.6 Å². The average Bonchev–Trinajstić information content (AvgIpc) is 2.66. The first-order valence-corrected chi connectivity index (χ1v) is 11.2. The summed E-state index contributed by atoms with van der Waals surface area (Å²) in [6.07, 6.45) is 2.31. The number of rotatable bonds is 7. The van der Waals surface area contributed by atoms with Gasteiger partial charge in [0.15, 0.2) is 0 Å². The van der Waals surface area contributed by atoms with Crippen molar-refractivity contribution >= 4 is 20.8 Å². The lowest BCUT2D eigenvalue weighted by Gasteiger charge is -2.37. The van der Waals surface area contributed by atoms with Crippen LogP contribution in [0.15, 0.2) is 47.4 Å². The molecule has 2 aromatic rings. The van der Waals surface area contributed by atoms with Crippen molar-refractivity contribution in [3.8, 4) is 0 Å². The number of hydrogen-bond acceptors (Lipinski definition) is 4. The van der Waals surface area contributed by atoms with Gasteiger partial charge < -0.3 is 10.0 Å². The van der Waals surface area contributed by atoms with Gasteiger partial charge in [-0.1, -0.05) is 43.3 Å². The van der Waals surface area contributed by atoms with Crippen molar-refractivity contribution in [2.24, 2.45) is 5.92 Å². The fourth-order valence-corrected chi connectivity index (χ4v) is 5.12. The Kier molecular flexibility index (Phi) is 6.52. The zero-order valence-electron chi connectivity index (χ0n) is 16.1. The molecule has 1 fully saturated rings. The third-order valence-electron chi connectivity index (χ3n) is 5.54. The van der Waals surface area contributed by atoms with Gasteiger partial charge in [0.05, 0.1) is 11.0 Å². The van der Waals surface area contributed by atoms with Crippen LogP contribution in [0.5, 0.6) is 0 Å². The second kappa shape index (κ2) is 8.69. The van der Waals surface area contributed by atoms with Crippen LogP contribution in [0, 0.1) is 5.92 Å². The van der Waals surface area contributed by atoms with E-state index in [1.54, 1.807) is 18.2 Å². The Labute approximate surface area is 162 Å². The highest BCUT2D eigenvalue weighted by Crippen LogP contribution is 2.23. The zero-order valence-corrected chi connectivity index (χ0v) is 17.0. The summed E-state index contributed by atoms with van der Waals surface area (Å²) in [7, 11) is -3.67. The van der Waals surface area contributed by atoms with Crippen molar-refractivity contribution < 1.29 is 13.5 Å². The van der Waals surface area contributed by atoms with E-state index in [2.05, 4.69) is 23.5 Å². The van der Waals surface area contributed by atoms with E-state index in [9.17, 15) is 13.5 Å². The molecule has 0 saturated carbocycles. The van der Waals surface area contributed by atoms with E-state index in [4.69, 9.17) is 0 Å². The van der Waals surface area contributed by atoms with Crippen LogP contribution in [0.1, 0.15) is 33.1 Å². The van der Waals surface area contributed by atoms with Gasteiger partial charge in [0, 0.05) is 31.1 Å². The summed E-state index contributed by atoms with van der Waals surface area (Å²) in [5, 5.41) is 11.9. The summed E-state index contributed by atoms with van der Waals surface area (Å²) in [4.78, 5) is 2.66. The minimum atomic E-state index is -3.67. The Bertz CT molecular complexity index is 863. The molecule has 27 heavy (non-hydrogen) atoms. The van der Waals surface area contributed by atoms with E-state index in [0.29, 0.717) is 23.8 Å². The third-order valence-corrected chi connectivity index (χ3v) is 7.03. The van der Waals surface area contributed by atoms with Gasteiger partial charge in [-0.2, -0.15) is 0 Å². The summed E-state index contributed by atoms with van der Waals surface area (Å²) in [5.41, 5.74) is 0. The summed E-state index contributed by atoms with van der Waals surface area (Å²) < 4.78 is 28.0. The van der Waals surface area contributed by atoms with Crippen molar-refractivity contribution in [2.45, 2.75) is 50.2 Å². The van der Waals surface area contributed by atoms with E-state index in [1.165, 1.54) is 12.8 Å². The Hall–Kier alpha value is -1.47. The van der Waals surface area contributed by atoms with Gasteiger partial charge in [-0.25, -0.2) is 13.1 Å². The number of nitrogens with one attached hydrogen (secondary N) is 1. The molecule has 2 aromatic carbocycles. The molecule has 0 amide bonds. The molecular formula is C21H30N2O3S. The van der Waals surface area contributed by atoms with Crippen LogP contribution in [-0.2, 0) is 10.0 Å². The summed E-state index contributed by atoms with van der Waals surface area (Å²) in [6.45, 7) is 6.36. The minimum absolute atomic E-state index is 0.0311.